The quantitative estimate of drug-likeness (QED) is 0.857. The number of hydrogen-bond donors (Lipinski definition) is 1. The highest BCUT2D eigenvalue weighted by atomic mass is 19.4. The van der Waals surface area contributed by atoms with Gasteiger partial charge in [0.1, 0.15) is 11.6 Å². The number of aromatic nitrogens is 2. The molecule has 0 saturated carbocycles. The molecule has 0 aliphatic rings. The van der Waals surface area contributed by atoms with Crippen molar-refractivity contribution in [3.8, 4) is 17.1 Å². The van der Waals surface area contributed by atoms with Gasteiger partial charge in [0.05, 0.1) is 0 Å². The second kappa shape index (κ2) is 3.88. The van der Waals surface area contributed by atoms with Crippen molar-refractivity contribution in [1.82, 2.24) is 9.97 Å². The first-order valence-corrected chi connectivity index (χ1v) is 4.40. The molecule has 1 aromatic heterocycles. The van der Waals surface area contributed by atoms with Crippen molar-refractivity contribution in [3.63, 3.8) is 0 Å². The standard InChI is InChI=1S/C10H7F3N2O/c11-10(12,13)16-8-3-1-7(2-4-8)9-14-5-6-15-9/h1-6H,(H,14,15). The summed E-state index contributed by atoms with van der Waals surface area (Å²) in [6, 6.07) is 5.48. The summed E-state index contributed by atoms with van der Waals surface area (Å²) < 4.78 is 39.4. The van der Waals surface area contributed by atoms with Crippen molar-refractivity contribution in [2.75, 3.05) is 0 Å². The van der Waals surface area contributed by atoms with Crippen LogP contribution < -0.4 is 4.74 Å². The number of aromatic amines is 1. The molecule has 1 heterocycles. The number of rotatable bonds is 2. The molecule has 0 aliphatic heterocycles. The number of benzene rings is 1. The largest absolute Gasteiger partial charge is 0.573 e. The Bertz CT molecular complexity index is 448. The van der Waals surface area contributed by atoms with E-state index in [4.69, 9.17) is 0 Å². The van der Waals surface area contributed by atoms with E-state index in [9.17, 15) is 13.2 Å². The molecule has 16 heavy (non-hydrogen) atoms. The normalized spacial score (nSPS) is 11.4. The Kier molecular flexibility index (Phi) is 2.55. The zero-order chi connectivity index (χ0) is 11.6. The molecule has 6 heteroatoms. The summed E-state index contributed by atoms with van der Waals surface area (Å²) in [5.41, 5.74) is 0.694. The number of nitrogens with zero attached hydrogens (tertiary/aromatic N) is 1. The monoisotopic (exact) mass is 228 g/mol. The zero-order valence-corrected chi connectivity index (χ0v) is 7.95. The number of hydrogen-bond acceptors (Lipinski definition) is 2. The van der Waals surface area contributed by atoms with E-state index in [1.165, 1.54) is 24.3 Å². The Morgan fingerprint density at radius 1 is 1.12 bits per heavy atom. The first kappa shape index (κ1) is 10.5. The third-order valence-corrected chi connectivity index (χ3v) is 1.86. The van der Waals surface area contributed by atoms with Crippen LogP contribution in [-0.2, 0) is 0 Å². The molecule has 0 spiro atoms. The van der Waals surface area contributed by atoms with Crippen molar-refractivity contribution in [3.05, 3.63) is 36.7 Å². The van der Waals surface area contributed by atoms with Gasteiger partial charge < -0.3 is 9.72 Å². The van der Waals surface area contributed by atoms with Gasteiger partial charge in [-0.15, -0.1) is 13.2 Å². The van der Waals surface area contributed by atoms with Gasteiger partial charge in [-0.2, -0.15) is 0 Å². The summed E-state index contributed by atoms with van der Waals surface area (Å²) in [5.74, 6) is 0.348. The van der Waals surface area contributed by atoms with Crippen LogP contribution in [0.25, 0.3) is 11.4 Å². The first-order chi connectivity index (χ1) is 7.54. The molecule has 84 valence electrons. The highest BCUT2D eigenvalue weighted by Gasteiger charge is 2.30. The van der Waals surface area contributed by atoms with Crippen LogP contribution in [0.15, 0.2) is 36.7 Å². The lowest BCUT2D eigenvalue weighted by Gasteiger charge is -2.08. The summed E-state index contributed by atoms with van der Waals surface area (Å²) >= 11 is 0. The molecule has 0 amide bonds. The molecule has 0 fully saturated rings. The van der Waals surface area contributed by atoms with Gasteiger partial charge in [-0.1, -0.05) is 0 Å². The summed E-state index contributed by atoms with van der Waals surface area (Å²) in [7, 11) is 0. The van der Waals surface area contributed by atoms with Crippen LogP contribution in [-0.4, -0.2) is 16.3 Å². The second-order valence-electron chi connectivity index (χ2n) is 3.01. The molecule has 0 atom stereocenters. The van der Waals surface area contributed by atoms with Crippen LogP contribution in [0.2, 0.25) is 0 Å². The van der Waals surface area contributed by atoms with E-state index in [0.29, 0.717) is 11.4 Å². The van der Waals surface area contributed by atoms with Crippen LogP contribution >= 0.6 is 0 Å². The highest BCUT2D eigenvalue weighted by Crippen LogP contribution is 2.24. The third-order valence-electron chi connectivity index (χ3n) is 1.86. The smallest absolute Gasteiger partial charge is 0.406 e. The van der Waals surface area contributed by atoms with Crippen molar-refractivity contribution in [2.24, 2.45) is 0 Å². The van der Waals surface area contributed by atoms with Crippen LogP contribution in [0.1, 0.15) is 0 Å². The summed E-state index contributed by atoms with van der Waals surface area (Å²) in [5, 5.41) is 0. The van der Waals surface area contributed by atoms with E-state index < -0.39 is 6.36 Å². The predicted molar refractivity (Wildman–Crippen MR) is 50.7 cm³/mol. The van der Waals surface area contributed by atoms with Crippen molar-refractivity contribution >= 4 is 0 Å². The van der Waals surface area contributed by atoms with E-state index in [-0.39, 0.29) is 5.75 Å². The first-order valence-electron chi connectivity index (χ1n) is 4.40. The Morgan fingerprint density at radius 3 is 2.31 bits per heavy atom. The molecule has 0 aliphatic carbocycles. The fourth-order valence-electron chi connectivity index (χ4n) is 1.24. The van der Waals surface area contributed by atoms with Gasteiger partial charge in [-0.05, 0) is 24.3 Å². The Morgan fingerprint density at radius 2 is 1.81 bits per heavy atom. The van der Waals surface area contributed by atoms with E-state index in [1.807, 2.05) is 0 Å². The SMILES string of the molecule is FC(F)(F)Oc1ccc(-c2ncc[nH]2)cc1. The van der Waals surface area contributed by atoms with Crippen molar-refractivity contribution in [2.45, 2.75) is 6.36 Å². The minimum Gasteiger partial charge on any atom is -0.406 e. The number of nitrogens with one attached hydrogen (secondary N) is 1. The molecular weight excluding hydrogens is 221 g/mol. The molecule has 2 rings (SSSR count). The van der Waals surface area contributed by atoms with Crippen LogP contribution in [0.5, 0.6) is 5.75 Å². The Balaban J connectivity index is 2.17. The van der Waals surface area contributed by atoms with Crippen molar-refractivity contribution in [1.29, 1.82) is 0 Å². The summed E-state index contributed by atoms with van der Waals surface area (Å²) in [6.45, 7) is 0. The fraction of sp³-hybridized carbons (Fsp3) is 0.100. The average molecular weight is 228 g/mol. The molecule has 0 unspecified atom stereocenters. The minimum absolute atomic E-state index is 0.247. The van der Waals surface area contributed by atoms with Gasteiger partial charge in [0.2, 0.25) is 0 Å². The maximum absolute atomic E-state index is 11.9. The Labute approximate surface area is 88.9 Å². The van der Waals surface area contributed by atoms with E-state index in [1.54, 1.807) is 12.4 Å². The van der Waals surface area contributed by atoms with Gasteiger partial charge in [0, 0.05) is 18.0 Å². The lowest BCUT2D eigenvalue weighted by Crippen LogP contribution is -2.16. The highest BCUT2D eigenvalue weighted by molar-refractivity contribution is 5.55. The van der Waals surface area contributed by atoms with Gasteiger partial charge in [-0.3, -0.25) is 0 Å². The molecule has 1 N–H and O–H groups in total. The topological polar surface area (TPSA) is 37.9 Å². The third kappa shape index (κ3) is 2.53. The molecule has 0 saturated heterocycles. The number of ether oxygens (including phenoxy) is 1. The van der Waals surface area contributed by atoms with Gasteiger partial charge >= 0.3 is 6.36 Å². The minimum atomic E-state index is -4.66. The fourth-order valence-corrected chi connectivity index (χ4v) is 1.24. The molecule has 1 aromatic carbocycles. The van der Waals surface area contributed by atoms with Crippen molar-refractivity contribution < 1.29 is 17.9 Å². The predicted octanol–water partition coefficient (Wildman–Crippen LogP) is 2.98. The van der Waals surface area contributed by atoms with E-state index >= 15 is 0 Å². The zero-order valence-electron chi connectivity index (χ0n) is 7.95. The molecule has 0 bridgehead atoms. The molecular formula is C10H7F3N2O. The Hall–Kier alpha value is -1.98. The van der Waals surface area contributed by atoms with Crippen LogP contribution in [0.4, 0.5) is 13.2 Å². The average Bonchev–Trinajstić information content (AvgIpc) is 2.69. The van der Waals surface area contributed by atoms with Gasteiger partial charge in [-0.25, -0.2) is 4.98 Å². The maximum Gasteiger partial charge on any atom is 0.573 e. The number of imidazole rings is 1. The molecule has 2 aromatic rings. The number of alkyl halides is 3. The van der Waals surface area contributed by atoms with Crippen LogP contribution in [0.3, 0.4) is 0 Å². The number of halogens is 3. The summed E-state index contributed by atoms with van der Waals surface area (Å²) in [4.78, 5) is 6.82. The van der Waals surface area contributed by atoms with Gasteiger partial charge in [0.15, 0.2) is 0 Å². The molecule has 0 radical (unpaired) electrons. The second-order valence-corrected chi connectivity index (χ2v) is 3.01. The molecule has 3 nitrogen and oxygen atoms in total. The van der Waals surface area contributed by atoms with Crippen LogP contribution in [0, 0.1) is 0 Å². The van der Waals surface area contributed by atoms with E-state index in [0.717, 1.165) is 0 Å². The summed E-state index contributed by atoms with van der Waals surface area (Å²) in [6.07, 6.45) is -1.46. The lowest BCUT2D eigenvalue weighted by atomic mass is 10.2. The van der Waals surface area contributed by atoms with Gasteiger partial charge in [0.25, 0.3) is 0 Å². The lowest BCUT2D eigenvalue weighted by molar-refractivity contribution is -0.274. The number of H-pyrrole nitrogens is 1. The van der Waals surface area contributed by atoms with E-state index in [2.05, 4.69) is 14.7 Å². The maximum atomic E-state index is 11.9.